The van der Waals surface area contributed by atoms with Crippen molar-refractivity contribution in [3.63, 3.8) is 0 Å². The molecule has 0 aromatic heterocycles. The third-order valence-electron chi connectivity index (χ3n) is 5.26. The van der Waals surface area contributed by atoms with E-state index in [4.69, 9.17) is 14.2 Å². The van der Waals surface area contributed by atoms with E-state index in [-0.39, 0.29) is 11.9 Å². The highest BCUT2D eigenvalue weighted by atomic mass is 16.7. The van der Waals surface area contributed by atoms with Crippen molar-refractivity contribution in [2.24, 2.45) is 11.8 Å². The molecule has 3 atom stereocenters. The summed E-state index contributed by atoms with van der Waals surface area (Å²) in [7, 11) is 0. The molecule has 0 saturated carbocycles. The summed E-state index contributed by atoms with van der Waals surface area (Å²) in [6.07, 6.45) is 6.88. The average molecular weight is 295 g/mol. The second kappa shape index (κ2) is 6.78. The van der Waals surface area contributed by atoms with Crippen LogP contribution in [0.5, 0.6) is 0 Å². The highest BCUT2D eigenvalue weighted by Gasteiger charge is 2.42. The summed E-state index contributed by atoms with van der Waals surface area (Å²) in [6, 6.07) is 0. The van der Waals surface area contributed by atoms with Crippen LogP contribution in [0.25, 0.3) is 0 Å². The van der Waals surface area contributed by atoms with Gasteiger partial charge in [-0.2, -0.15) is 0 Å². The molecule has 0 unspecified atom stereocenters. The van der Waals surface area contributed by atoms with Gasteiger partial charge in [-0.05, 0) is 31.6 Å². The Kier molecular flexibility index (Phi) is 4.99. The van der Waals surface area contributed by atoms with Crippen LogP contribution in [0, 0.1) is 11.8 Å². The zero-order valence-electron chi connectivity index (χ0n) is 13.4. The number of ether oxygens (including phenoxy) is 3. The second-order valence-corrected chi connectivity index (χ2v) is 6.84. The lowest BCUT2D eigenvalue weighted by molar-refractivity contribution is -0.210. The Labute approximate surface area is 128 Å². The molecule has 2 fully saturated rings. The first-order valence-corrected chi connectivity index (χ1v) is 8.45. The first-order chi connectivity index (χ1) is 10.2. The minimum Gasteiger partial charge on any atom is -0.381 e. The molecule has 0 aromatic carbocycles. The fraction of sp³-hybridized carbons (Fsp3) is 0.882. The Bertz CT molecular complexity index is 376. The van der Waals surface area contributed by atoms with Crippen molar-refractivity contribution in [2.75, 3.05) is 32.9 Å². The van der Waals surface area contributed by atoms with Gasteiger partial charge in [0.25, 0.3) is 0 Å². The van der Waals surface area contributed by atoms with Crippen molar-refractivity contribution in [3.8, 4) is 0 Å². The van der Waals surface area contributed by atoms with E-state index in [0.29, 0.717) is 12.5 Å². The second-order valence-electron chi connectivity index (χ2n) is 6.84. The smallest absolute Gasteiger partial charge is 0.173 e. The van der Waals surface area contributed by atoms with Crippen LogP contribution in [0.2, 0.25) is 0 Å². The van der Waals surface area contributed by atoms with E-state index in [1.807, 2.05) is 0 Å². The molecule has 2 aliphatic heterocycles. The van der Waals surface area contributed by atoms with Gasteiger partial charge in [-0.15, -0.1) is 0 Å². The van der Waals surface area contributed by atoms with Crippen molar-refractivity contribution in [3.05, 3.63) is 11.6 Å². The molecular weight excluding hydrogens is 266 g/mol. The van der Waals surface area contributed by atoms with E-state index in [1.165, 1.54) is 12.8 Å². The summed E-state index contributed by atoms with van der Waals surface area (Å²) in [5.74, 6) is 1.11. The lowest BCUT2D eigenvalue weighted by atomic mass is 9.80. The van der Waals surface area contributed by atoms with Gasteiger partial charge in [0.1, 0.15) is 0 Å². The SMILES string of the molecule is CC1=CCC[C@H](C)[C@@H]1CNC[C@H]1COC2(CCOCC2)O1. The van der Waals surface area contributed by atoms with Gasteiger partial charge in [-0.1, -0.05) is 18.6 Å². The molecule has 0 aromatic rings. The molecule has 4 heteroatoms. The maximum atomic E-state index is 6.15. The zero-order valence-corrected chi connectivity index (χ0v) is 13.4. The number of hydrogen-bond acceptors (Lipinski definition) is 4. The summed E-state index contributed by atoms with van der Waals surface area (Å²) >= 11 is 0. The molecule has 0 bridgehead atoms. The van der Waals surface area contributed by atoms with Crippen molar-refractivity contribution in [1.29, 1.82) is 0 Å². The lowest BCUT2D eigenvalue weighted by Gasteiger charge is -2.32. The van der Waals surface area contributed by atoms with Crippen LogP contribution in [0.3, 0.4) is 0 Å². The molecule has 2 heterocycles. The minimum atomic E-state index is -0.349. The Morgan fingerprint density at radius 2 is 2.10 bits per heavy atom. The average Bonchev–Trinajstić information content (AvgIpc) is 2.86. The normalized spacial score (nSPS) is 35.9. The highest BCUT2D eigenvalue weighted by Crippen LogP contribution is 2.33. The van der Waals surface area contributed by atoms with Crippen molar-refractivity contribution in [2.45, 2.75) is 51.4 Å². The fourth-order valence-corrected chi connectivity index (χ4v) is 3.80. The molecule has 120 valence electrons. The molecule has 0 amide bonds. The third-order valence-corrected chi connectivity index (χ3v) is 5.26. The highest BCUT2D eigenvalue weighted by molar-refractivity contribution is 5.09. The quantitative estimate of drug-likeness (QED) is 0.809. The minimum absolute atomic E-state index is 0.186. The van der Waals surface area contributed by atoms with E-state index in [1.54, 1.807) is 5.57 Å². The maximum Gasteiger partial charge on any atom is 0.173 e. The standard InChI is InChI=1S/C17H29NO3/c1-13-4-3-5-14(2)16(13)11-18-10-15-12-20-17(21-15)6-8-19-9-7-17/h4,14-16,18H,3,5-12H2,1-2H3/t14-,15-,16+/m0/s1. The molecular formula is C17H29NO3. The number of allylic oxidation sites excluding steroid dienone is 1. The summed E-state index contributed by atoms with van der Waals surface area (Å²) in [5, 5.41) is 3.60. The summed E-state index contributed by atoms with van der Waals surface area (Å²) in [5.41, 5.74) is 1.55. The van der Waals surface area contributed by atoms with Crippen LogP contribution in [-0.2, 0) is 14.2 Å². The van der Waals surface area contributed by atoms with Gasteiger partial charge >= 0.3 is 0 Å². The maximum absolute atomic E-state index is 6.15. The van der Waals surface area contributed by atoms with Crippen molar-refractivity contribution >= 4 is 0 Å². The van der Waals surface area contributed by atoms with Crippen molar-refractivity contribution < 1.29 is 14.2 Å². The van der Waals surface area contributed by atoms with Crippen LogP contribution in [0.1, 0.15) is 39.5 Å². The molecule has 3 rings (SSSR count). The van der Waals surface area contributed by atoms with E-state index >= 15 is 0 Å². The van der Waals surface area contributed by atoms with E-state index in [2.05, 4.69) is 25.2 Å². The largest absolute Gasteiger partial charge is 0.381 e. The number of hydrogen-bond donors (Lipinski definition) is 1. The first kappa shape index (κ1) is 15.5. The topological polar surface area (TPSA) is 39.7 Å². The van der Waals surface area contributed by atoms with Gasteiger partial charge < -0.3 is 19.5 Å². The summed E-state index contributed by atoms with van der Waals surface area (Å²) < 4.78 is 17.5. The fourth-order valence-electron chi connectivity index (χ4n) is 3.80. The van der Waals surface area contributed by atoms with Gasteiger partial charge in [0.2, 0.25) is 0 Å². The Hall–Kier alpha value is -0.420. The number of nitrogens with one attached hydrogen (secondary N) is 1. The summed E-state index contributed by atoms with van der Waals surface area (Å²) in [4.78, 5) is 0. The molecule has 2 saturated heterocycles. The summed E-state index contributed by atoms with van der Waals surface area (Å²) in [6.45, 7) is 8.80. The van der Waals surface area contributed by atoms with Gasteiger partial charge in [0, 0.05) is 25.9 Å². The Balaban J connectivity index is 1.42. The van der Waals surface area contributed by atoms with E-state index in [0.717, 1.165) is 45.1 Å². The molecule has 3 aliphatic rings. The number of rotatable bonds is 4. The van der Waals surface area contributed by atoms with Gasteiger partial charge in [-0.3, -0.25) is 0 Å². The Morgan fingerprint density at radius 3 is 2.86 bits per heavy atom. The molecule has 4 nitrogen and oxygen atoms in total. The van der Waals surface area contributed by atoms with Crippen molar-refractivity contribution in [1.82, 2.24) is 5.32 Å². The van der Waals surface area contributed by atoms with E-state index < -0.39 is 0 Å². The monoisotopic (exact) mass is 295 g/mol. The van der Waals surface area contributed by atoms with Gasteiger partial charge in [-0.25, -0.2) is 0 Å². The van der Waals surface area contributed by atoms with Gasteiger partial charge in [0.15, 0.2) is 5.79 Å². The third kappa shape index (κ3) is 3.67. The molecule has 1 spiro atoms. The lowest BCUT2D eigenvalue weighted by Crippen LogP contribution is -2.40. The van der Waals surface area contributed by atoms with Crippen LogP contribution in [0.4, 0.5) is 0 Å². The first-order valence-electron chi connectivity index (χ1n) is 8.45. The molecule has 1 N–H and O–H groups in total. The Morgan fingerprint density at radius 1 is 1.29 bits per heavy atom. The zero-order chi connectivity index (χ0) is 14.7. The van der Waals surface area contributed by atoms with Gasteiger partial charge in [0.05, 0.1) is 25.9 Å². The molecule has 1 aliphatic carbocycles. The van der Waals surface area contributed by atoms with Crippen LogP contribution in [0.15, 0.2) is 11.6 Å². The van der Waals surface area contributed by atoms with Crippen LogP contribution in [-0.4, -0.2) is 44.8 Å². The van der Waals surface area contributed by atoms with Crippen LogP contribution >= 0.6 is 0 Å². The van der Waals surface area contributed by atoms with E-state index in [9.17, 15) is 0 Å². The predicted octanol–water partition coefficient (Wildman–Crippen LogP) is 2.49. The predicted molar refractivity (Wildman–Crippen MR) is 82.1 cm³/mol. The molecule has 0 radical (unpaired) electrons. The molecule has 21 heavy (non-hydrogen) atoms. The van der Waals surface area contributed by atoms with Crippen LogP contribution < -0.4 is 5.32 Å².